The molecular weight excluding hydrogens is 757 g/mol. The number of hydrogen-bond acceptors (Lipinski definition) is 3. The number of aromatic nitrogens is 2. The molecule has 7 rings (SSSR count). The number of benzene rings is 3. The zero-order valence-corrected chi connectivity index (χ0v) is 31.5. The Morgan fingerprint density at radius 3 is 2.24 bits per heavy atom. The predicted octanol–water partition coefficient (Wildman–Crippen LogP) is 10.7. The topological polar surface area (TPSA) is 38.9 Å². The van der Waals surface area contributed by atoms with Crippen LogP contribution in [0.25, 0.3) is 44.5 Å². The smallest absolute Gasteiger partial charge is 0.120 e. The summed E-state index contributed by atoms with van der Waals surface area (Å²) in [4.78, 5) is 9.15. The van der Waals surface area contributed by atoms with E-state index in [-0.39, 0.29) is 20.1 Å². The molecule has 2 atom stereocenters. The van der Waals surface area contributed by atoms with Gasteiger partial charge in [-0.15, -0.1) is 53.2 Å². The van der Waals surface area contributed by atoms with E-state index in [0.717, 1.165) is 45.5 Å². The Hall–Kier alpha value is -3.37. The zero-order valence-electron chi connectivity index (χ0n) is 28.1. The van der Waals surface area contributed by atoms with Crippen molar-refractivity contribution in [3.05, 3.63) is 114 Å². The molecule has 5 heteroatoms. The fourth-order valence-corrected chi connectivity index (χ4v) is 8.44. The molecule has 1 fully saturated rings. The molecule has 0 saturated heterocycles. The summed E-state index contributed by atoms with van der Waals surface area (Å²) in [7, 11) is -1.57. The van der Waals surface area contributed by atoms with E-state index in [2.05, 4.69) is 107 Å². The van der Waals surface area contributed by atoms with Crippen molar-refractivity contribution in [3.63, 3.8) is 0 Å². The van der Waals surface area contributed by atoms with Gasteiger partial charge in [0.15, 0.2) is 0 Å². The van der Waals surface area contributed by atoms with Crippen molar-refractivity contribution in [1.29, 1.82) is 0 Å². The molecule has 0 bridgehead atoms. The van der Waals surface area contributed by atoms with Gasteiger partial charge in [0.25, 0.3) is 0 Å². The number of hydrogen-bond donors (Lipinski definition) is 0. The summed E-state index contributed by atoms with van der Waals surface area (Å²) in [5, 5.41) is 3.87. The number of pyridine rings is 2. The van der Waals surface area contributed by atoms with Gasteiger partial charge in [0.05, 0.1) is 5.58 Å². The van der Waals surface area contributed by atoms with E-state index in [0.29, 0.717) is 5.92 Å². The molecule has 3 aromatic heterocycles. The molecule has 1 aliphatic carbocycles. The van der Waals surface area contributed by atoms with E-state index in [4.69, 9.17) is 9.40 Å². The van der Waals surface area contributed by atoms with Crippen LogP contribution in [0.2, 0.25) is 19.6 Å². The number of aryl methyl sites for hydroxylation is 2. The quantitative estimate of drug-likeness (QED) is 0.132. The summed E-state index contributed by atoms with van der Waals surface area (Å²) < 4.78 is 6.44. The average Bonchev–Trinajstić information content (AvgIpc) is 3.41. The number of fused-ring (bicyclic) bond motifs is 3. The molecule has 3 heterocycles. The number of nitrogens with zero attached hydrogens (tertiary/aromatic N) is 2. The second-order valence-corrected chi connectivity index (χ2v) is 19.2. The van der Waals surface area contributed by atoms with Gasteiger partial charge in [-0.05, 0) is 79.9 Å². The fraction of sp³-hybridized carbons (Fsp3) is 0.317. The van der Waals surface area contributed by atoms with Gasteiger partial charge in [0.2, 0.25) is 0 Å². The van der Waals surface area contributed by atoms with Crippen LogP contribution in [-0.4, -0.2) is 18.0 Å². The van der Waals surface area contributed by atoms with Gasteiger partial charge in [-0.2, -0.15) is 0 Å². The third kappa shape index (κ3) is 7.28. The maximum atomic E-state index is 6.44. The van der Waals surface area contributed by atoms with Gasteiger partial charge in [-0.3, -0.25) is 0 Å². The Morgan fingerprint density at radius 1 is 0.804 bits per heavy atom. The van der Waals surface area contributed by atoms with Gasteiger partial charge >= 0.3 is 0 Å². The summed E-state index contributed by atoms with van der Waals surface area (Å²) in [6.07, 6.45) is 7.77. The Balaban J connectivity index is 0.000000234. The summed E-state index contributed by atoms with van der Waals surface area (Å²) in [5.41, 5.74) is 9.82. The fourth-order valence-electron chi connectivity index (χ4n) is 6.93. The molecule has 0 amide bonds. The molecule has 3 aromatic carbocycles. The Kier molecular flexibility index (Phi) is 10.5. The van der Waals surface area contributed by atoms with Crippen LogP contribution in [0, 0.1) is 37.8 Å². The number of furan rings is 1. The molecule has 46 heavy (non-hydrogen) atoms. The van der Waals surface area contributed by atoms with Gasteiger partial charge in [0.1, 0.15) is 5.58 Å². The van der Waals surface area contributed by atoms with E-state index < -0.39 is 8.07 Å². The Morgan fingerprint density at radius 2 is 1.54 bits per heavy atom. The first-order chi connectivity index (χ1) is 21.6. The van der Waals surface area contributed by atoms with Crippen LogP contribution in [0.3, 0.4) is 0 Å². The minimum Gasteiger partial charge on any atom is -0.501 e. The molecule has 6 aromatic rings. The molecule has 0 aliphatic heterocycles. The van der Waals surface area contributed by atoms with E-state index in [1.165, 1.54) is 51.9 Å². The van der Waals surface area contributed by atoms with E-state index in [1.54, 1.807) is 0 Å². The second kappa shape index (κ2) is 14.2. The van der Waals surface area contributed by atoms with Crippen LogP contribution in [0.15, 0.2) is 89.6 Å². The average molecular weight is 801 g/mol. The second-order valence-electron chi connectivity index (χ2n) is 14.1. The van der Waals surface area contributed by atoms with Crippen LogP contribution in [0.4, 0.5) is 0 Å². The van der Waals surface area contributed by atoms with Crippen LogP contribution in [-0.2, 0) is 20.1 Å². The molecule has 0 spiro atoms. The van der Waals surface area contributed by atoms with Crippen molar-refractivity contribution in [3.8, 4) is 22.5 Å². The minimum absolute atomic E-state index is 0. The maximum Gasteiger partial charge on any atom is 0.120 e. The molecule has 0 N–H and O–H groups in total. The summed E-state index contributed by atoms with van der Waals surface area (Å²) in [6, 6.07) is 31.9. The van der Waals surface area contributed by atoms with Crippen LogP contribution >= 0.6 is 0 Å². The van der Waals surface area contributed by atoms with E-state index in [1.807, 2.05) is 42.7 Å². The third-order valence-corrected chi connectivity index (χ3v) is 11.3. The normalized spacial score (nSPS) is 18.1. The van der Waals surface area contributed by atoms with Crippen molar-refractivity contribution in [2.24, 2.45) is 11.8 Å². The maximum absolute atomic E-state index is 6.44. The van der Waals surface area contributed by atoms with Gasteiger partial charge in [-0.25, -0.2) is 0 Å². The SMILES string of the molecule is CC1CC(C)CC(c2ccnc(-c3[c-]cc([Si](C)(C)C)c4c3oc3ccccc34)c2)C1.Cc1cnc(-c2[c-]cccc2)cc1C.[Ir]. The molecule has 1 saturated carbocycles. The Labute approximate surface area is 289 Å². The van der Waals surface area contributed by atoms with Gasteiger partial charge in [-0.1, -0.05) is 85.9 Å². The molecule has 1 radical (unpaired) electrons. The van der Waals surface area contributed by atoms with Crippen molar-refractivity contribution in [2.75, 3.05) is 0 Å². The van der Waals surface area contributed by atoms with Crippen LogP contribution < -0.4 is 5.19 Å². The molecule has 239 valence electrons. The van der Waals surface area contributed by atoms with Crippen molar-refractivity contribution >= 4 is 35.2 Å². The minimum atomic E-state index is -1.57. The van der Waals surface area contributed by atoms with Gasteiger partial charge < -0.3 is 14.4 Å². The van der Waals surface area contributed by atoms with Gasteiger partial charge in [0, 0.05) is 46.0 Å². The van der Waals surface area contributed by atoms with E-state index >= 15 is 0 Å². The number of rotatable bonds is 4. The first-order valence-corrected chi connectivity index (χ1v) is 19.8. The molecular formula is C41H44IrN2OSi-2. The largest absolute Gasteiger partial charge is 0.501 e. The van der Waals surface area contributed by atoms with Crippen LogP contribution in [0.1, 0.15) is 55.7 Å². The molecule has 3 nitrogen and oxygen atoms in total. The van der Waals surface area contributed by atoms with Crippen molar-refractivity contribution in [2.45, 2.75) is 72.5 Å². The first kappa shape index (κ1) is 34.0. The molecule has 1 aliphatic rings. The van der Waals surface area contributed by atoms with Crippen LogP contribution in [0.5, 0.6) is 0 Å². The summed E-state index contributed by atoms with van der Waals surface area (Å²) >= 11 is 0. The zero-order chi connectivity index (χ0) is 31.7. The van der Waals surface area contributed by atoms with E-state index in [9.17, 15) is 0 Å². The monoisotopic (exact) mass is 801 g/mol. The standard InChI is InChI=1S/C28H32NOSi.C13H12N.Ir/c1-18-14-19(2)16-21(15-18)20-12-13-29-24(17-20)22-10-11-26(31(3,4)5)27-23-8-6-7-9-25(23)30-28(22)27;1-10-8-13(14-9-11(10)2)12-6-4-3-5-7-12;/h6-9,11-13,17-19,21H,14-16H2,1-5H3;3-6,8-9H,1-2H3;/q2*-1;. The summed E-state index contributed by atoms with van der Waals surface area (Å²) in [5.74, 6) is 2.19. The van der Waals surface area contributed by atoms with Crippen molar-refractivity contribution in [1.82, 2.24) is 9.97 Å². The first-order valence-electron chi connectivity index (χ1n) is 16.3. The summed E-state index contributed by atoms with van der Waals surface area (Å²) in [6.45, 7) is 16.1. The predicted molar refractivity (Wildman–Crippen MR) is 192 cm³/mol. The number of para-hydroxylation sites is 1. The molecule has 2 unspecified atom stereocenters. The Bertz CT molecular complexity index is 1930. The third-order valence-electron chi connectivity index (χ3n) is 9.31. The van der Waals surface area contributed by atoms with Crippen molar-refractivity contribution < 1.29 is 24.5 Å².